The molecule has 0 aliphatic carbocycles. The van der Waals surface area contributed by atoms with Gasteiger partial charge in [0.15, 0.2) is 5.65 Å². The number of nitrogens with zero attached hydrogens (tertiary/aromatic N) is 3. The Balaban J connectivity index is 2.36. The molecule has 3 rings (SSSR count). The molecule has 0 saturated carbocycles. The Morgan fingerprint density at radius 2 is 2.00 bits per heavy atom. The molecule has 0 radical (unpaired) electrons. The van der Waals surface area contributed by atoms with Crippen LogP contribution >= 0.6 is 11.6 Å². The van der Waals surface area contributed by atoms with E-state index in [2.05, 4.69) is 9.97 Å². The molecule has 7 heteroatoms. The number of aromatic hydroxyl groups is 1. The van der Waals surface area contributed by atoms with E-state index in [1.165, 1.54) is 22.9 Å². The van der Waals surface area contributed by atoms with E-state index in [9.17, 15) is 14.6 Å². The molecule has 3 aromatic rings. The number of rotatable bonds is 4. The Morgan fingerprint density at radius 1 is 1.30 bits per heavy atom. The fourth-order valence-electron chi connectivity index (χ4n) is 2.66. The molecule has 1 atom stereocenters. The zero-order valence-corrected chi connectivity index (χ0v) is 13.1. The van der Waals surface area contributed by atoms with Crippen LogP contribution in [0.5, 0.6) is 6.01 Å². The summed E-state index contributed by atoms with van der Waals surface area (Å²) >= 11 is 6.31. The van der Waals surface area contributed by atoms with Crippen molar-refractivity contribution in [2.75, 3.05) is 6.61 Å². The van der Waals surface area contributed by atoms with Gasteiger partial charge < -0.3 is 10.2 Å². The van der Waals surface area contributed by atoms with Crippen molar-refractivity contribution in [2.45, 2.75) is 19.4 Å². The van der Waals surface area contributed by atoms with E-state index in [0.717, 1.165) is 0 Å². The van der Waals surface area contributed by atoms with Crippen molar-refractivity contribution >= 4 is 22.8 Å². The predicted molar refractivity (Wildman–Crippen MR) is 86.0 cm³/mol. The number of benzene rings is 1. The number of hydrogen-bond donors (Lipinski definition) is 2. The monoisotopic (exact) mass is 335 g/mol. The summed E-state index contributed by atoms with van der Waals surface area (Å²) in [5, 5.41) is 20.1. The third-order valence-electron chi connectivity index (χ3n) is 3.83. The summed E-state index contributed by atoms with van der Waals surface area (Å²) in [6, 6.07) is 5.27. The predicted octanol–water partition coefficient (Wildman–Crippen LogP) is 3.54. The molecule has 5 nitrogen and oxygen atoms in total. The van der Waals surface area contributed by atoms with Gasteiger partial charge in [-0.1, -0.05) is 30.7 Å². The van der Waals surface area contributed by atoms with E-state index in [0.29, 0.717) is 33.7 Å². The van der Waals surface area contributed by atoms with Gasteiger partial charge in [-0.05, 0) is 24.1 Å². The van der Waals surface area contributed by atoms with Crippen molar-refractivity contribution in [3.8, 4) is 17.1 Å². The van der Waals surface area contributed by atoms with Crippen LogP contribution in [0.4, 0.5) is 4.39 Å². The first kappa shape index (κ1) is 15.7. The molecule has 0 aliphatic rings. The van der Waals surface area contributed by atoms with Gasteiger partial charge in [-0.3, -0.25) is 4.57 Å². The Hall–Kier alpha value is -2.18. The summed E-state index contributed by atoms with van der Waals surface area (Å²) in [6.07, 6.45) is 2.03. The van der Waals surface area contributed by atoms with Crippen molar-refractivity contribution in [1.29, 1.82) is 0 Å². The lowest BCUT2D eigenvalue weighted by Gasteiger charge is -2.17. The Kier molecular flexibility index (Phi) is 4.19. The average molecular weight is 336 g/mol. The smallest absolute Gasteiger partial charge is 0.296 e. The number of fused-ring (bicyclic) bond motifs is 1. The standard InChI is InChI=1S/C16H15ClFN3O2/c1-2-11(8-22)21-14-13(9-3-5-10(18)6-4-9)12(17)7-19-15(14)20-16(21)23/h3-7,11,22H,2,8H2,1H3,(H,19,20,23)/t11-/m0/s1. The lowest BCUT2D eigenvalue weighted by atomic mass is 10.1. The molecule has 2 aromatic heterocycles. The van der Waals surface area contributed by atoms with Crippen molar-refractivity contribution in [3.05, 3.63) is 41.3 Å². The Labute approximate surface area is 137 Å². The number of hydrogen-bond acceptors (Lipinski definition) is 4. The zero-order chi connectivity index (χ0) is 16.6. The minimum Gasteiger partial charge on any atom is -0.480 e. The third-order valence-corrected chi connectivity index (χ3v) is 4.12. The lowest BCUT2D eigenvalue weighted by Crippen LogP contribution is -2.12. The van der Waals surface area contributed by atoms with Gasteiger partial charge in [0.25, 0.3) is 6.01 Å². The summed E-state index contributed by atoms with van der Waals surface area (Å²) in [7, 11) is 0. The van der Waals surface area contributed by atoms with Crippen molar-refractivity contribution < 1.29 is 14.6 Å². The fourth-order valence-corrected chi connectivity index (χ4v) is 2.90. The van der Waals surface area contributed by atoms with Gasteiger partial charge in [0.2, 0.25) is 0 Å². The second kappa shape index (κ2) is 6.14. The third kappa shape index (κ3) is 2.64. The average Bonchev–Trinajstić information content (AvgIpc) is 2.87. The molecule has 0 unspecified atom stereocenters. The van der Waals surface area contributed by atoms with Crippen LogP contribution in [0.3, 0.4) is 0 Å². The van der Waals surface area contributed by atoms with Gasteiger partial charge in [0.1, 0.15) is 11.3 Å². The summed E-state index contributed by atoms with van der Waals surface area (Å²) < 4.78 is 14.7. The van der Waals surface area contributed by atoms with E-state index in [1.807, 2.05) is 6.92 Å². The molecule has 0 fully saturated rings. The first-order valence-corrected chi connectivity index (χ1v) is 7.56. The van der Waals surface area contributed by atoms with E-state index >= 15 is 0 Å². The normalized spacial score (nSPS) is 12.7. The number of imidazole rings is 1. The van der Waals surface area contributed by atoms with Crippen molar-refractivity contribution in [2.24, 2.45) is 0 Å². The van der Waals surface area contributed by atoms with E-state index in [4.69, 9.17) is 11.6 Å². The van der Waals surface area contributed by atoms with Crippen molar-refractivity contribution in [3.63, 3.8) is 0 Å². The fraction of sp³-hybridized carbons (Fsp3) is 0.250. The number of halogens is 2. The van der Waals surface area contributed by atoms with Crippen molar-refractivity contribution in [1.82, 2.24) is 14.5 Å². The van der Waals surface area contributed by atoms with Gasteiger partial charge in [0, 0.05) is 11.8 Å². The van der Waals surface area contributed by atoms with E-state index < -0.39 is 0 Å². The van der Waals surface area contributed by atoms with Crippen LogP contribution in [0.15, 0.2) is 30.5 Å². The molecule has 1 aromatic carbocycles. The highest BCUT2D eigenvalue weighted by Crippen LogP contribution is 2.37. The van der Waals surface area contributed by atoms with E-state index in [-0.39, 0.29) is 24.5 Å². The molecule has 120 valence electrons. The van der Waals surface area contributed by atoms with Gasteiger partial charge in [-0.15, -0.1) is 0 Å². The molecule has 0 amide bonds. The second-order valence-electron chi connectivity index (χ2n) is 5.19. The molecule has 0 bridgehead atoms. The molecule has 0 saturated heterocycles. The van der Waals surface area contributed by atoms with Gasteiger partial charge in [-0.25, -0.2) is 9.37 Å². The maximum absolute atomic E-state index is 13.2. The van der Waals surface area contributed by atoms with Crippen LogP contribution in [0.25, 0.3) is 22.3 Å². The van der Waals surface area contributed by atoms with Gasteiger partial charge in [0.05, 0.1) is 17.7 Å². The Morgan fingerprint density at radius 3 is 2.61 bits per heavy atom. The minimum absolute atomic E-state index is 0.162. The first-order valence-electron chi connectivity index (χ1n) is 7.19. The molecule has 0 aliphatic heterocycles. The molecule has 23 heavy (non-hydrogen) atoms. The summed E-state index contributed by atoms with van der Waals surface area (Å²) in [5.74, 6) is -0.353. The number of pyridine rings is 1. The quantitative estimate of drug-likeness (QED) is 0.765. The number of aliphatic hydroxyl groups is 1. The van der Waals surface area contributed by atoms with Crippen LogP contribution in [0, 0.1) is 5.82 Å². The second-order valence-corrected chi connectivity index (χ2v) is 5.59. The SMILES string of the molecule is CC[C@@H](CO)n1c(O)nc2ncc(Cl)c(-c3ccc(F)cc3)c21. The summed E-state index contributed by atoms with van der Waals surface area (Å²) in [5.41, 5.74) is 2.11. The Bertz CT molecular complexity index is 845. The highest BCUT2D eigenvalue weighted by Gasteiger charge is 2.22. The van der Waals surface area contributed by atoms with E-state index in [1.54, 1.807) is 12.1 Å². The van der Waals surface area contributed by atoms with Crippen LogP contribution in [0.2, 0.25) is 5.02 Å². The minimum atomic E-state index is -0.362. The molecular weight excluding hydrogens is 321 g/mol. The molecular formula is C16H15ClFN3O2. The van der Waals surface area contributed by atoms with Gasteiger partial charge >= 0.3 is 0 Å². The zero-order valence-electron chi connectivity index (χ0n) is 12.4. The molecule has 0 spiro atoms. The van der Waals surface area contributed by atoms with Crippen LogP contribution < -0.4 is 0 Å². The maximum Gasteiger partial charge on any atom is 0.296 e. The van der Waals surface area contributed by atoms with Gasteiger partial charge in [-0.2, -0.15) is 4.98 Å². The number of aromatic nitrogens is 3. The lowest BCUT2D eigenvalue weighted by molar-refractivity contribution is 0.216. The van der Waals surface area contributed by atoms with Crippen LogP contribution in [-0.2, 0) is 0 Å². The summed E-state index contributed by atoms with van der Waals surface area (Å²) in [4.78, 5) is 8.18. The largest absolute Gasteiger partial charge is 0.480 e. The topological polar surface area (TPSA) is 71.2 Å². The highest BCUT2D eigenvalue weighted by atomic mass is 35.5. The molecule has 2 N–H and O–H groups in total. The molecule has 2 heterocycles. The highest BCUT2D eigenvalue weighted by molar-refractivity contribution is 6.34. The van der Waals surface area contributed by atoms with Crippen LogP contribution in [-0.4, -0.2) is 31.4 Å². The summed E-state index contributed by atoms with van der Waals surface area (Å²) in [6.45, 7) is 1.73. The number of aliphatic hydroxyl groups excluding tert-OH is 1. The first-order chi connectivity index (χ1) is 11.1. The maximum atomic E-state index is 13.2. The van der Waals surface area contributed by atoms with Crippen LogP contribution in [0.1, 0.15) is 19.4 Å².